The fourth-order valence-electron chi connectivity index (χ4n) is 4.19. The zero-order chi connectivity index (χ0) is 16.6. The molecule has 1 aromatic heterocycles. The Kier molecular flexibility index (Phi) is 4.67. The zero-order valence-corrected chi connectivity index (χ0v) is 15.3. The number of piperidine rings is 1. The second-order valence-corrected chi connectivity index (χ2v) is 8.90. The molecule has 5 heteroatoms. The lowest BCUT2D eigenvalue weighted by Crippen LogP contribution is -2.51. The minimum absolute atomic E-state index is 0.0759. The maximum atomic E-state index is 12.3. The van der Waals surface area contributed by atoms with Gasteiger partial charge in [0, 0.05) is 31.1 Å². The van der Waals surface area contributed by atoms with E-state index in [1.165, 1.54) is 17.7 Å². The number of likely N-dealkylation sites (tertiary alicyclic amines) is 1. The number of ether oxygens (including phenoxy) is 1. The largest absolute Gasteiger partial charge is 0.362 e. The molecule has 2 saturated heterocycles. The van der Waals surface area contributed by atoms with Gasteiger partial charge in [-0.1, -0.05) is 13.0 Å². The van der Waals surface area contributed by atoms with Crippen LogP contribution < -0.4 is 5.32 Å². The molecule has 1 unspecified atom stereocenters. The van der Waals surface area contributed by atoms with E-state index in [1.54, 1.807) is 0 Å². The minimum Gasteiger partial charge on any atom is -0.362 e. The van der Waals surface area contributed by atoms with Gasteiger partial charge in [0.05, 0.1) is 5.60 Å². The van der Waals surface area contributed by atoms with Crippen LogP contribution in [0.1, 0.15) is 43.9 Å². The molecule has 132 valence electrons. The number of nitrogens with zero attached hydrogens (tertiary/aromatic N) is 1. The second-order valence-electron chi connectivity index (χ2n) is 7.86. The molecule has 1 aliphatic carbocycles. The van der Waals surface area contributed by atoms with E-state index in [4.69, 9.17) is 4.74 Å². The molecule has 3 heterocycles. The van der Waals surface area contributed by atoms with Gasteiger partial charge in [-0.15, -0.1) is 11.3 Å². The lowest BCUT2D eigenvalue weighted by Gasteiger charge is -2.44. The van der Waals surface area contributed by atoms with Gasteiger partial charge in [0.1, 0.15) is 6.10 Å². The van der Waals surface area contributed by atoms with Gasteiger partial charge in [0.15, 0.2) is 0 Å². The number of carbonyl (C=O) groups excluding carboxylic acids is 1. The maximum Gasteiger partial charge on any atom is 0.249 e. The van der Waals surface area contributed by atoms with Gasteiger partial charge in [-0.2, -0.15) is 0 Å². The SMILES string of the molecule is C[C@@H]1CN(Cc2cccs2)CC[C@@]12CCC(C(=O)NCC1CC1)O2. The van der Waals surface area contributed by atoms with E-state index in [9.17, 15) is 4.79 Å². The van der Waals surface area contributed by atoms with Crippen molar-refractivity contribution in [1.82, 2.24) is 10.2 Å². The van der Waals surface area contributed by atoms with Crippen LogP contribution in [0.2, 0.25) is 0 Å². The fraction of sp³-hybridized carbons (Fsp3) is 0.737. The average Bonchev–Trinajstić information content (AvgIpc) is 3.07. The number of hydrogen-bond acceptors (Lipinski definition) is 4. The molecule has 1 N–H and O–H groups in total. The van der Waals surface area contributed by atoms with Crippen LogP contribution >= 0.6 is 11.3 Å². The number of carbonyl (C=O) groups is 1. The molecule has 3 atom stereocenters. The van der Waals surface area contributed by atoms with Gasteiger partial charge in [-0.3, -0.25) is 9.69 Å². The summed E-state index contributed by atoms with van der Waals surface area (Å²) in [4.78, 5) is 16.3. The van der Waals surface area contributed by atoms with E-state index in [0.717, 1.165) is 51.4 Å². The van der Waals surface area contributed by atoms with Crippen LogP contribution in [-0.2, 0) is 16.1 Å². The van der Waals surface area contributed by atoms with Crippen LogP contribution in [0, 0.1) is 11.8 Å². The summed E-state index contributed by atoms with van der Waals surface area (Å²) in [5, 5.41) is 5.24. The van der Waals surface area contributed by atoms with Gasteiger partial charge >= 0.3 is 0 Å². The Labute approximate surface area is 148 Å². The quantitative estimate of drug-likeness (QED) is 0.889. The van der Waals surface area contributed by atoms with Crippen LogP contribution in [0.15, 0.2) is 17.5 Å². The Bertz CT molecular complexity index is 572. The van der Waals surface area contributed by atoms with Crippen LogP contribution in [0.4, 0.5) is 0 Å². The van der Waals surface area contributed by atoms with Crippen molar-refractivity contribution in [2.75, 3.05) is 19.6 Å². The van der Waals surface area contributed by atoms with E-state index in [2.05, 4.69) is 34.7 Å². The zero-order valence-electron chi connectivity index (χ0n) is 14.5. The first-order valence-electron chi connectivity index (χ1n) is 9.35. The highest BCUT2D eigenvalue weighted by atomic mass is 32.1. The van der Waals surface area contributed by atoms with Crippen molar-refractivity contribution in [1.29, 1.82) is 0 Å². The summed E-state index contributed by atoms with van der Waals surface area (Å²) in [6.07, 6.45) is 5.27. The first-order chi connectivity index (χ1) is 11.6. The van der Waals surface area contributed by atoms with Crippen molar-refractivity contribution in [3.63, 3.8) is 0 Å². The summed E-state index contributed by atoms with van der Waals surface area (Å²) in [5.41, 5.74) is -0.0759. The third kappa shape index (κ3) is 3.53. The number of hydrogen-bond donors (Lipinski definition) is 1. The molecule has 2 aliphatic heterocycles. The van der Waals surface area contributed by atoms with Crippen LogP contribution in [0.3, 0.4) is 0 Å². The Hall–Kier alpha value is -0.910. The van der Waals surface area contributed by atoms with Crippen molar-refractivity contribution in [2.45, 2.75) is 57.3 Å². The fourth-order valence-corrected chi connectivity index (χ4v) is 4.94. The number of rotatable bonds is 5. The molecular formula is C19H28N2O2S. The Morgan fingerprint density at radius 3 is 3.00 bits per heavy atom. The molecule has 1 spiro atoms. The molecule has 4 rings (SSSR count). The van der Waals surface area contributed by atoms with Crippen LogP contribution in [0.5, 0.6) is 0 Å². The summed E-state index contributed by atoms with van der Waals surface area (Å²) >= 11 is 1.83. The molecule has 0 radical (unpaired) electrons. The summed E-state index contributed by atoms with van der Waals surface area (Å²) in [6.45, 7) is 6.32. The molecule has 1 aromatic rings. The van der Waals surface area contributed by atoms with Gasteiger partial charge < -0.3 is 10.1 Å². The van der Waals surface area contributed by atoms with E-state index >= 15 is 0 Å². The van der Waals surface area contributed by atoms with E-state index in [0.29, 0.717) is 5.92 Å². The highest BCUT2D eigenvalue weighted by Gasteiger charge is 2.48. The summed E-state index contributed by atoms with van der Waals surface area (Å²) in [5.74, 6) is 1.32. The van der Waals surface area contributed by atoms with Gasteiger partial charge in [-0.05, 0) is 55.4 Å². The molecule has 3 fully saturated rings. The van der Waals surface area contributed by atoms with Crippen molar-refractivity contribution < 1.29 is 9.53 Å². The van der Waals surface area contributed by atoms with Crippen LogP contribution in [0.25, 0.3) is 0 Å². The summed E-state index contributed by atoms with van der Waals surface area (Å²) < 4.78 is 6.36. The monoisotopic (exact) mass is 348 g/mol. The van der Waals surface area contributed by atoms with Crippen molar-refractivity contribution in [2.24, 2.45) is 11.8 Å². The molecule has 1 saturated carbocycles. The number of amides is 1. The molecule has 0 aromatic carbocycles. The molecule has 0 bridgehead atoms. The van der Waals surface area contributed by atoms with Crippen LogP contribution in [-0.4, -0.2) is 42.1 Å². The van der Waals surface area contributed by atoms with E-state index < -0.39 is 0 Å². The highest BCUT2D eigenvalue weighted by Crippen LogP contribution is 2.42. The lowest BCUT2D eigenvalue weighted by molar-refractivity contribution is -0.147. The van der Waals surface area contributed by atoms with Gasteiger partial charge in [0.25, 0.3) is 0 Å². The second kappa shape index (κ2) is 6.77. The molecule has 4 nitrogen and oxygen atoms in total. The lowest BCUT2D eigenvalue weighted by atomic mass is 9.80. The van der Waals surface area contributed by atoms with Gasteiger partial charge in [-0.25, -0.2) is 0 Å². The number of thiophene rings is 1. The topological polar surface area (TPSA) is 41.6 Å². The molecular weight excluding hydrogens is 320 g/mol. The smallest absolute Gasteiger partial charge is 0.249 e. The molecule has 24 heavy (non-hydrogen) atoms. The van der Waals surface area contributed by atoms with E-state index in [-0.39, 0.29) is 17.6 Å². The Morgan fingerprint density at radius 2 is 2.29 bits per heavy atom. The normalized spacial score (nSPS) is 33.9. The Morgan fingerprint density at radius 1 is 1.42 bits per heavy atom. The summed E-state index contributed by atoms with van der Waals surface area (Å²) in [7, 11) is 0. The maximum absolute atomic E-state index is 12.3. The third-order valence-electron chi connectivity index (χ3n) is 6.00. The van der Waals surface area contributed by atoms with Gasteiger partial charge in [0.2, 0.25) is 5.91 Å². The van der Waals surface area contributed by atoms with Crippen molar-refractivity contribution >= 4 is 17.2 Å². The molecule has 3 aliphatic rings. The van der Waals surface area contributed by atoms with Crippen molar-refractivity contribution in [3.8, 4) is 0 Å². The highest BCUT2D eigenvalue weighted by molar-refractivity contribution is 7.09. The predicted octanol–water partition coefficient (Wildman–Crippen LogP) is 3.03. The summed E-state index contributed by atoms with van der Waals surface area (Å²) in [6, 6.07) is 4.34. The molecule has 1 amide bonds. The third-order valence-corrected chi connectivity index (χ3v) is 6.86. The van der Waals surface area contributed by atoms with Crippen molar-refractivity contribution in [3.05, 3.63) is 22.4 Å². The van der Waals surface area contributed by atoms with E-state index in [1.807, 2.05) is 11.3 Å². The predicted molar refractivity (Wildman–Crippen MR) is 95.9 cm³/mol. The Balaban J connectivity index is 1.30. The minimum atomic E-state index is -0.227. The standard InChI is InChI=1S/C19H28N2O2S/c1-14-12-21(13-16-3-2-10-24-16)9-8-19(14)7-6-17(23-19)18(22)20-11-15-4-5-15/h2-3,10,14-15,17H,4-9,11-13H2,1H3,(H,20,22)/t14-,17?,19+/m1/s1. The number of nitrogens with one attached hydrogen (secondary N) is 1. The first kappa shape index (κ1) is 16.6. The first-order valence-corrected chi connectivity index (χ1v) is 10.2. The average molecular weight is 349 g/mol.